The number of hydrogen-bond acceptors (Lipinski definition) is 1. The standard InChI is InChI=1S/C24H20B.C21H21ClOP/c1-5-13-21(14-6-1)25(22-15-7-2-8-16-22,23-17-9-3-10-18-23)24-19-11-4-12-20-24;22-16-18(23)17-24(19-10-4-1-5-11-19,20-12-6-2-7-13-20)21-14-8-3-9-15-21/h1-20H;1-15,18,23H,16-17H2/q-1;+1. The lowest BCUT2D eigenvalue weighted by molar-refractivity contribution is 0.222. The van der Waals surface area contributed by atoms with Crippen LogP contribution in [0.25, 0.3) is 0 Å². The monoisotopic (exact) mass is 674 g/mol. The molecule has 0 spiro atoms. The van der Waals surface area contributed by atoms with Gasteiger partial charge in [-0.3, -0.25) is 0 Å². The van der Waals surface area contributed by atoms with Crippen LogP contribution in [0.5, 0.6) is 0 Å². The Morgan fingerprint density at radius 2 is 0.612 bits per heavy atom. The summed E-state index contributed by atoms with van der Waals surface area (Å²) >= 11 is 5.99. The number of alkyl halides is 1. The van der Waals surface area contributed by atoms with Gasteiger partial charge in [0.05, 0.1) is 5.88 Å². The minimum atomic E-state index is -1.96. The molecule has 7 aromatic rings. The minimum Gasteiger partial charge on any atom is -0.388 e. The SMILES string of the molecule is OC(CCl)C[P+](c1ccccc1)(c1ccccc1)c1ccccc1.c1ccc([B-](c2ccccc2)(c2ccccc2)c2ccccc2)cc1. The first-order chi connectivity index (χ1) is 24.2. The Morgan fingerprint density at radius 3 is 0.837 bits per heavy atom. The van der Waals surface area contributed by atoms with Crippen LogP contribution in [0.15, 0.2) is 212 Å². The highest BCUT2D eigenvalue weighted by molar-refractivity contribution is 7.95. The van der Waals surface area contributed by atoms with E-state index in [0.29, 0.717) is 6.16 Å². The topological polar surface area (TPSA) is 20.2 Å². The lowest BCUT2D eigenvalue weighted by atomic mass is 9.13. The van der Waals surface area contributed by atoms with E-state index in [1.807, 2.05) is 18.2 Å². The Labute approximate surface area is 297 Å². The fourth-order valence-corrected chi connectivity index (χ4v) is 11.9. The zero-order chi connectivity index (χ0) is 33.8. The number of halogens is 1. The zero-order valence-electron chi connectivity index (χ0n) is 27.5. The molecule has 0 saturated heterocycles. The van der Waals surface area contributed by atoms with Gasteiger partial charge < -0.3 is 5.11 Å². The van der Waals surface area contributed by atoms with Crippen LogP contribution in [0, 0.1) is 0 Å². The molecule has 4 heteroatoms. The quantitative estimate of drug-likeness (QED) is 0.0980. The third kappa shape index (κ3) is 7.34. The van der Waals surface area contributed by atoms with Gasteiger partial charge in [-0.05, 0) is 36.4 Å². The number of aliphatic hydroxyl groups excluding tert-OH is 1. The second-order valence-electron chi connectivity index (χ2n) is 12.3. The normalized spacial score (nSPS) is 12.0. The molecule has 0 radical (unpaired) electrons. The van der Waals surface area contributed by atoms with Gasteiger partial charge in [-0.2, -0.15) is 21.9 Å². The van der Waals surface area contributed by atoms with Crippen molar-refractivity contribution in [3.8, 4) is 0 Å². The van der Waals surface area contributed by atoms with Crippen molar-refractivity contribution >= 4 is 62.8 Å². The predicted molar refractivity (Wildman–Crippen MR) is 217 cm³/mol. The molecule has 0 amide bonds. The van der Waals surface area contributed by atoms with Crippen molar-refractivity contribution in [1.29, 1.82) is 0 Å². The van der Waals surface area contributed by atoms with E-state index in [0.717, 1.165) is 0 Å². The van der Waals surface area contributed by atoms with E-state index in [1.165, 1.54) is 37.8 Å². The van der Waals surface area contributed by atoms with Crippen molar-refractivity contribution in [2.45, 2.75) is 6.10 Å². The van der Waals surface area contributed by atoms with E-state index < -0.39 is 19.5 Å². The van der Waals surface area contributed by atoms with E-state index >= 15 is 0 Å². The molecular formula is C45H41BClOP. The maximum Gasteiger partial charge on any atom is 0.114 e. The molecule has 7 rings (SSSR count). The molecular weight excluding hydrogens is 634 g/mol. The number of benzene rings is 7. The third-order valence-corrected chi connectivity index (χ3v) is 14.3. The smallest absolute Gasteiger partial charge is 0.114 e. The summed E-state index contributed by atoms with van der Waals surface area (Å²) in [7, 11) is -1.96. The van der Waals surface area contributed by atoms with E-state index in [4.69, 9.17) is 11.6 Å². The van der Waals surface area contributed by atoms with Gasteiger partial charge in [0.25, 0.3) is 0 Å². The second kappa shape index (κ2) is 16.6. The third-order valence-electron chi connectivity index (χ3n) is 9.45. The van der Waals surface area contributed by atoms with Gasteiger partial charge in [0.1, 0.15) is 41.6 Å². The summed E-state index contributed by atoms with van der Waals surface area (Å²) in [5.41, 5.74) is 5.36. The van der Waals surface area contributed by atoms with Crippen LogP contribution in [0.3, 0.4) is 0 Å². The first-order valence-electron chi connectivity index (χ1n) is 16.9. The van der Waals surface area contributed by atoms with Gasteiger partial charge in [-0.25, -0.2) is 0 Å². The zero-order valence-corrected chi connectivity index (χ0v) is 29.2. The molecule has 0 heterocycles. The second-order valence-corrected chi connectivity index (χ2v) is 16.2. The maximum absolute atomic E-state index is 10.5. The minimum absolute atomic E-state index is 0.244. The molecule has 7 aromatic carbocycles. The Balaban J connectivity index is 0.000000170. The highest BCUT2D eigenvalue weighted by atomic mass is 35.5. The first kappa shape index (κ1) is 34.2. The highest BCUT2D eigenvalue weighted by Gasteiger charge is 2.46. The fourth-order valence-electron chi connectivity index (χ4n) is 7.30. The molecule has 1 N–H and O–H groups in total. The summed E-state index contributed by atoms with van der Waals surface area (Å²) in [6, 6.07) is 75.1. The Kier molecular flexibility index (Phi) is 11.6. The Hall–Kier alpha value is -4.72. The molecule has 0 aliphatic rings. The molecule has 0 bridgehead atoms. The average molecular weight is 675 g/mol. The van der Waals surface area contributed by atoms with Crippen LogP contribution in [0.1, 0.15) is 0 Å². The average Bonchev–Trinajstić information content (AvgIpc) is 3.20. The lowest BCUT2D eigenvalue weighted by Crippen LogP contribution is -2.74. The summed E-state index contributed by atoms with van der Waals surface area (Å²) in [6.07, 6.45) is -1.11. The summed E-state index contributed by atoms with van der Waals surface area (Å²) in [4.78, 5) is 0. The predicted octanol–water partition coefficient (Wildman–Crippen LogP) is 6.64. The summed E-state index contributed by atoms with van der Waals surface area (Å²) < 4.78 is 0. The Bertz CT molecular complexity index is 1700. The van der Waals surface area contributed by atoms with Gasteiger partial charge in [0.15, 0.2) is 0 Å². The first-order valence-corrected chi connectivity index (χ1v) is 19.4. The highest BCUT2D eigenvalue weighted by Crippen LogP contribution is 2.55. The maximum atomic E-state index is 10.5. The summed E-state index contributed by atoms with van der Waals surface area (Å²) in [6.45, 7) is 0. The molecule has 1 unspecified atom stereocenters. The van der Waals surface area contributed by atoms with E-state index in [-0.39, 0.29) is 5.88 Å². The van der Waals surface area contributed by atoms with Gasteiger partial charge >= 0.3 is 0 Å². The summed E-state index contributed by atoms with van der Waals surface area (Å²) in [5.74, 6) is 0.244. The van der Waals surface area contributed by atoms with Crippen molar-refractivity contribution in [2.75, 3.05) is 12.0 Å². The molecule has 0 aliphatic heterocycles. The van der Waals surface area contributed by atoms with Gasteiger partial charge in [-0.1, -0.05) is 176 Å². The number of hydrogen-bond donors (Lipinski definition) is 1. The van der Waals surface area contributed by atoms with Crippen molar-refractivity contribution in [3.05, 3.63) is 212 Å². The van der Waals surface area contributed by atoms with Crippen LogP contribution in [0.2, 0.25) is 0 Å². The van der Waals surface area contributed by atoms with E-state index in [9.17, 15) is 5.11 Å². The molecule has 242 valence electrons. The molecule has 1 nitrogen and oxygen atoms in total. The van der Waals surface area contributed by atoms with Crippen molar-refractivity contribution < 1.29 is 5.11 Å². The van der Waals surface area contributed by atoms with Crippen molar-refractivity contribution in [2.24, 2.45) is 0 Å². The van der Waals surface area contributed by atoms with E-state index in [2.05, 4.69) is 194 Å². The molecule has 0 fully saturated rings. The van der Waals surface area contributed by atoms with Crippen molar-refractivity contribution in [3.63, 3.8) is 0 Å². The molecule has 1 atom stereocenters. The van der Waals surface area contributed by atoms with Crippen LogP contribution < -0.4 is 37.8 Å². The van der Waals surface area contributed by atoms with Gasteiger partial charge in [0, 0.05) is 0 Å². The van der Waals surface area contributed by atoms with Crippen LogP contribution in [-0.4, -0.2) is 29.4 Å². The Morgan fingerprint density at radius 1 is 0.388 bits per heavy atom. The lowest BCUT2D eigenvalue weighted by Gasteiger charge is -2.44. The largest absolute Gasteiger partial charge is 0.388 e. The number of aliphatic hydroxyl groups is 1. The van der Waals surface area contributed by atoms with Crippen LogP contribution >= 0.6 is 18.9 Å². The molecule has 0 aromatic heterocycles. The van der Waals surface area contributed by atoms with Crippen LogP contribution in [0.4, 0.5) is 0 Å². The fraction of sp³-hybridized carbons (Fsp3) is 0.0667. The van der Waals surface area contributed by atoms with E-state index in [1.54, 1.807) is 0 Å². The van der Waals surface area contributed by atoms with Gasteiger partial charge in [0.2, 0.25) is 0 Å². The molecule has 0 aliphatic carbocycles. The number of rotatable bonds is 10. The van der Waals surface area contributed by atoms with Crippen LogP contribution in [-0.2, 0) is 0 Å². The molecule has 0 saturated carbocycles. The van der Waals surface area contributed by atoms with Crippen molar-refractivity contribution in [1.82, 2.24) is 0 Å². The van der Waals surface area contributed by atoms with Gasteiger partial charge in [-0.15, -0.1) is 11.6 Å². The summed E-state index contributed by atoms with van der Waals surface area (Å²) in [5, 5.41) is 14.3. The molecule has 49 heavy (non-hydrogen) atoms.